The van der Waals surface area contributed by atoms with Gasteiger partial charge >= 0.3 is 6.18 Å². The van der Waals surface area contributed by atoms with Gasteiger partial charge in [0.05, 0.1) is 55.1 Å². The van der Waals surface area contributed by atoms with Crippen LogP contribution in [0, 0.1) is 11.3 Å². The van der Waals surface area contributed by atoms with Gasteiger partial charge in [0.15, 0.2) is 0 Å². The largest absolute Gasteiger partial charge is 0.423 e. The van der Waals surface area contributed by atoms with Crippen LogP contribution in [-0.2, 0) is 30.6 Å². The first-order valence-electron chi connectivity index (χ1n) is 10.4. The highest BCUT2D eigenvalue weighted by Gasteiger charge is 2.37. The third-order valence-corrected chi connectivity index (χ3v) is 5.21. The predicted octanol–water partition coefficient (Wildman–Crippen LogP) is 2.29. The predicted molar refractivity (Wildman–Crippen MR) is 115 cm³/mol. The quantitative estimate of drug-likeness (QED) is 0.535. The van der Waals surface area contributed by atoms with Crippen molar-refractivity contribution < 1.29 is 17.9 Å². The summed E-state index contributed by atoms with van der Waals surface area (Å²) < 4.78 is 47.0. The van der Waals surface area contributed by atoms with E-state index < -0.39 is 29.0 Å². The van der Waals surface area contributed by atoms with Gasteiger partial charge in [-0.25, -0.2) is 10.1 Å². The van der Waals surface area contributed by atoms with Crippen LogP contribution >= 0.6 is 0 Å². The molecular weight excluding hydrogens is 453 g/mol. The summed E-state index contributed by atoms with van der Waals surface area (Å²) in [6.07, 6.45) is -2.34. The Morgan fingerprint density at radius 1 is 1.32 bits per heavy atom. The van der Waals surface area contributed by atoms with Crippen molar-refractivity contribution in [2.75, 3.05) is 23.4 Å². The maximum absolute atomic E-state index is 13.2. The van der Waals surface area contributed by atoms with E-state index in [0.29, 0.717) is 30.9 Å². The molecule has 10 nitrogen and oxygen atoms in total. The van der Waals surface area contributed by atoms with Gasteiger partial charge < -0.3 is 15.0 Å². The van der Waals surface area contributed by atoms with Crippen molar-refractivity contribution in [1.82, 2.24) is 25.0 Å². The second kappa shape index (κ2) is 9.52. The number of H-pyrrole nitrogens is 1. The Morgan fingerprint density at radius 3 is 2.85 bits per heavy atom. The monoisotopic (exact) mass is 474 g/mol. The number of anilines is 2. The Balaban J connectivity index is 1.32. The number of nitrogens with one attached hydrogen (secondary N) is 2. The van der Waals surface area contributed by atoms with Crippen molar-refractivity contribution in [3.05, 3.63) is 63.5 Å². The van der Waals surface area contributed by atoms with E-state index in [1.807, 2.05) is 22.9 Å². The van der Waals surface area contributed by atoms with Crippen molar-refractivity contribution >= 4 is 11.5 Å². The second-order valence-corrected chi connectivity index (χ2v) is 7.83. The molecule has 2 N–H and O–H groups in total. The molecular formula is C21H21F3N8O2. The zero-order valence-corrected chi connectivity index (χ0v) is 18.1. The van der Waals surface area contributed by atoms with E-state index in [4.69, 9.17) is 10.00 Å². The van der Waals surface area contributed by atoms with Crippen LogP contribution in [0.15, 0.2) is 35.4 Å². The van der Waals surface area contributed by atoms with Crippen LogP contribution in [0.5, 0.6) is 0 Å². The van der Waals surface area contributed by atoms with Crippen molar-refractivity contribution in [1.29, 1.82) is 5.26 Å². The average molecular weight is 474 g/mol. The Morgan fingerprint density at radius 2 is 2.15 bits per heavy atom. The highest BCUT2D eigenvalue weighted by atomic mass is 19.4. The van der Waals surface area contributed by atoms with E-state index in [1.165, 1.54) is 6.20 Å². The molecule has 1 unspecified atom stereocenters. The van der Waals surface area contributed by atoms with Crippen LogP contribution in [0.3, 0.4) is 0 Å². The van der Waals surface area contributed by atoms with Gasteiger partial charge in [0.2, 0.25) is 0 Å². The standard InChI is InChI=1S/C21H21F3N8O2/c1-13(28-17-9-27-29-20(33)19(17)21(22,23)24)11-34-12-15-6-16-10-31(4-5-32(16)30-15)18-3-2-14(7-25)8-26-18/h2-3,6,8-9,13H,4-5,10-12H2,1H3,(H2,28,29,33). The molecule has 0 aromatic carbocycles. The zero-order valence-electron chi connectivity index (χ0n) is 18.1. The van der Waals surface area contributed by atoms with Gasteiger partial charge in [-0.15, -0.1) is 0 Å². The molecule has 13 heteroatoms. The van der Waals surface area contributed by atoms with Crippen LogP contribution in [0.1, 0.15) is 29.4 Å². The fourth-order valence-corrected chi connectivity index (χ4v) is 3.67. The topological polar surface area (TPSA) is 125 Å². The van der Waals surface area contributed by atoms with Crippen molar-refractivity contribution in [3.63, 3.8) is 0 Å². The normalized spacial score (nSPS) is 14.4. The minimum atomic E-state index is -4.81. The number of halogens is 3. The summed E-state index contributed by atoms with van der Waals surface area (Å²) in [6, 6.07) is 6.98. The first kappa shape index (κ1) is 23.2. The molecule has 4 heterocycles. The molecule has 1 aliphatic heterocycles. The molecule has 0 saturated heterocycles. The van der Waals surface area contributed by atoms with Gasteiger partial charge in [-0.3, -0.25) is 9.48 Å². The molecule has 0 saturated carbocycles. The number of nitrogens with zero attached hydrogens (tertiary/aromatic N) is 6. The summed E-state index contributed by atoms with van der Waals surface area (Å²) in [7, 11) is 0. The van der Waals surface area contributed by atoms with Gasteiger partial charge in [0.25, 0.3) is 5.56 Å². The molecule has 0 fully saturated rings. The number of aromatic nitrogens is 5. The molecule has 4 rings (SSSR count). The lowest BCUT2D eigenvalue weighted by Gasteiger charge is -2.28. The summed E-state index contributed by atoms with van der Waals surface area (Å²) in [4.78, 5) is 18.0. The summed E-state index contributed by atoms with van der Waals surface area (Å²) in [5.74, 6) is 0.775. The van der Waals surface area contributed by atoms with E-state index in [-0.39, 0.29) is 13.2 Å². The summed E-state index contributed by atoms with van der Waals surface area (Å²) in [5.41, 5.74) is -0.852. The van der Waals surface area contributed by atoms with E-state index in [1.54, 1.807) is 18.1 Å². The number of hydrogen-bond acceptors (Lipinski definition) is 8. The van der Waals surface area contributed by atoms with Crippen molar-refractivity contribution in [2.45, 2.75) is 38.8 Å². The first-order chi connectivity index (χ1) is 16.2. The number of ether oxygens (including phenoxy) is 1. The van der Waals surface area contributed by atoms with Crippen LogP contribution in [-0.4, -0.2) is 44.2 Å². The maximum Gasteiger partial charge on any atom is 0.423 e. The number of alkyl halides is 3. The molecule has 1 aliphatic rings. The first-order valence-corrected chi connectivity index (χ1v) is 10.4. The van der Waals surface area contributed by atoms with Crippen molar-refractivity contribution in [2.24, 2.45) is 0 Å². The molecule has 0 aliphatic carbocycles. The lowest BCUT2D eigenvalue weighted by molar-refractivity contribution is -0.138. The van der Waals surface area contributed by atoms with Gasteiger partial charge in [-0.2, -0.15) is 28.6 Å². The number of nitriles is 1. The Bertz CT molecular complexity index is 1250. The van der Waals surface area contributed by atoms with E-state index in [9.17, 15) is 18.0 Å². The Kier molecular flexibility index (Phi) is 6.51. The average Bonchev–Trinajstić information content (AvgIpc) is 3.20. The number of pyridine rings is 1. The highest BCUT2D eigenvalue weighted by molar-refractivity contribution is 5.50. The Labute approximate surface area is 192 Å². The fourth-order valence-electron chi connectivity index (χ4n) is 3.67. The highest BCUT2D eigenvalue weighted by Crippen LogP contribution is 2.31. The van der Waals surface area contributed by atoms with Gasteiger partial charge in [-0.1, -0.05) is 0 Å². The van der Waals surface area contributed by atoms with E-state index in [2.05, 4.69) is 25.4 Å². The van der Waals surface area contributed by atoms with Gasteiger partial charge in [0, 0.05) is 18.8 Å². The molecule has 34 heavy (non-hydrogen) atoms. The number of aromatic amines is 1. The molecule has 0 radical (unpaired) electrons. The van der Waals surface area contributed by atoms with E-state index in [0.717, 1.165) is 17.7 Å². The summed E-state index contributed by atoms with van der Waals surface area (Å²) >= 11 is 0. The second-order valence-electron chi connectivity index (χ2n) is 7.83. The zero-order chi connectivity index (χ0) is 24.3. The lowest BCUT2D eigenvalue weighted by atomic mass is 10.2. The molecule has 1 atom stereocenters. The van der Waals surface area contributed by atoms with Crippen molar-refractivity contribution in [3.8, 4) is 6.07 Å². The number of rotatable bonds is 7. The van der Waals surface area contributed by atoms with Crippen LogP contribution in [0.4, 0.5) is 24.7 Å². The Hall–Kier alpha value is -3.92. The smallest absolute Gasteiger partial charge is 0.378 e. The van der Waals surface area contributed by atoms with Gasteiger partial charge in [0.1, 0.15) is 17.5 Å². The molecule has 3 aromatic rings. The molecule has 0 spiro atoms. The third kappa shape index (κ3) is 5.18. The van der Waals surface area contributed by atoms with Gasteiger partial charge in [-0.05, 0) is 25.1 Å². The van der Waals surface area contributed by atoms with E-state index >= 15 is 0 Å². The lowest BCUT2D eigenvalue weighted by Crippen LogP contribution is -2.34. The molecule has 0 amide bonds. The third-order valence-electron chi connectivity index (χ3n) is 5.21. The minimum absolute atomic E-state index is 0.0908. The van der Waals surface area contributed by atoms with Crippen LogP contribution in [0.25, 0.3) is 0 Å². The molecule has 178 valence electrons. The summed E-state index contributed by atoms with van der Waals surface area (Å²) in [5, 5.41) is 21.3. The number of hydrogen-bond donors (Lipinski definition) is 2. The van der Waals surface area contributed by atoms with Crippen LogP contribution < -0.4 is 15.8 Å². The fraction of sp³-hybridized carbons (Fsp3) is 0.381. The molecule has 3 aromatic heterocycles. The maximum atomic E-state index is 13.2. The SMILES string of the molecule is CC(COCc1cc2n(n1)CCN(c1ccc(C#N)cn1)C2)Nc1cn[nH]c(=O)c1C(F)(F)F. The number of fused-ring (bicyclic) bond motifs is 1. The van der Waals surface area contributed by atoms with Crippen LogP contribution in [0.2, 0.25) is 0 Å². The molecule has 0 bridgehead atoms. The minimum Gasteiger partial charge on any atom is -0.378 e. The summed E-state index contributed by atoms with van der Waals surface area (Å²) in [6.45, 7) is 3.88.